The Morgan fingerprint density at radius 1 is 0.939 bits per heavy atom. The van der Waals surface area contributed by atoms with Gasteiger partial charge in [0.05, 0.1) is 12.2 Å². The summed E-state index contributed by atoms with van der Waals surface area (Å²) in [6.45, 7) is 3.97. The number of carbonyl (C=O) groups is 2. The van der Waals surface area contributed by atoms with Gasteiger partial charge >= 0.3 is 0 Å². The van der Waals surface area contributed by atoms with Crippen LogP contribution in [-0.2, 0) is 30.8 Å². The number of aryl methyl sites for hydroxylation is 2. The van der Waals surface area contributed by atoms with Crippen LogP contribution >= 0.6 is 11.6 Å². The van der Waals surface area contributed by atoms with Crippen molar-refractivity contribution in [3.8, 4) is 0 Å². The number of rotatable bonds is 3. The van der Waals surface area contributed by atoms with Crippen LogP contribution in [0.4, 0.5) is 11.4 Å². The Hall–Kier alpha value is -3.16. The number of amides is 2. The van der Waals surface area contributed by atoms with Gasteiger partial charge in [0, 0.05) is 16.3 Å². The second-order valence-corrected chi connectivity index (χ2v) is 11.0. The molecule has 2 aliphatic rings. The summed E-state index contributed by atoms with van der Waals surface area (Å²) in [5.41, 5.74) is 3.86. The summed E-state index contributed by atoms with van der Waals surface area (Å²) >= 11 is 6.00. The maximum absolute atomic E-state index is 14.1. The Balaban J connectivity index is 1.73. The minimum absolute atomic E-state index is 0.152. The SMILES string of the molecule is Cc1ccc(N2C(=O)CS(=O)(=O)[C@@]23C(=O)N(Cc2ccc(Cl)cc2)c2ccccc23)cc1C. The van der Waals surface area contributed by atoms with Crippen molar-refractivity contribution in [3.05, 3.63) is 94.0 Å². The highest BCUT2D eigenvalue weighted by Gasteiger charge is 2.69. The van der Waals surface area contributed by atoms with Crippen molar-refractivity contribution in [1.82, 2.24) is 0 Å². The molecule has 1 fully saturated rings. The van der Waals surface area contributed by atoms with E-state index in [1.54, 1.807) is 60.7 Å². The third kappa shape index (κ3) is 3.03. The molecule has 3 aromatic carbocycles. The lowest BCUT2D eigenvalue weighted by Gasteiger charge is -2.33. The van der Waals surface area contributed by atoms with Gasteiger partial charge in [0.1, 0.15) is 5.75 Å². The van der Waals surface area contributed by atoms with Crippen molar-refractivity contribution in [3.63, 3.8) is 0 Å². The highest BCUT2D eigenvalue weighted by atomic mass is 35.5. The van der Waals surface area contributed by atoms with Gasteiger partial charge in [0.25, 0.3) is 10.8 Å². The zero-order valence-electron chi connectivity index (χ0n) is 18.1. The summed E-state index contributed by atoms with van der Waals surface area (Å²) in [6.07, 6.45) is 0. The Morgan fingerprint density at radius 2 is 1.64 bits per heavy atom. The molecule has 0 unspecified atom stereocenters. The molecular weight excluding hydrogens is 460 g/mol. The quantitative estimate of drug-likeness (QED) is 0.565. The molecule has 0 aliphatic carbocycles. The molecule has 0 N–H and O–H groups in total. The van der Waals surface area contributed by atoms with Gasteiger partial charge in [0.15, 0.2) is 9.84 Å². The van der Waals surface area contributed by atoms with E-state index in [2.05, 4.69) is 0 Å². The van der Waals surface area contributed by atoms with E-state index in [0.29, 0.717) is 22.0 Å². The molecule has 0 aromatic heterocycles. The zero-order chi connectivity index (χ0) is 23.5. The second kappa shape index (κ2) is 7.43. The minimum Gasteiger partial charge on any atom is -0.304 e. The van der Waals surface area contributed by atoms with Crippen LogP contribution in [-0.4, -0.2) is 26.0 Å². The number of carbonyl (C=O) groups excluding carboxylic acids is 2. The monoisotopic (exact) mass is 480 g/mol. The van der Waals surface area contributed by atoms with Gasteiger partial charge in [-0.25, -0.2) is 8.42 Å². The molecule has 1 saturated heterocycles. The standard InChI is InChI=1S/C25H21ClN2O4S/c1-16-7-12-20(13-17(16)2)28-23(29)15-33(31,32)25(28)21-5-3-4-6-22(21)27(24(25)30)14-18-8-10-19(26)11-9-18/h3-13H,14-15H2,1-2H3/t25-/m0/s1. The topological polar surface area (TPSA) is 74.8 Å². The molecule has 0 radical (unpaired) electrons. The molecule has 2 amide bonds. The van der Waals surface area contributed by atoms with E-state index in [1.165, 1.54) is 9.80 Å². The van der Waals surface area contributed by atoms with Crippen molar-refractivity contribution in [2.75, 3.05) is 15.6 Å². The molecule has 2 aliphatic heterocycles. The van der Waals surface area contributed by atoms with Gasteiger partial charge in [-0.15, -0.1) is 0 Å². The van der Waals surface area contributed by atoms with Crippen molar-refractivity contribution >= 4 is 44.6 Å². The summed E-state index contributed by atoms with van der Waals surface area (Å²) < 4.78 is 27.2. The van der Waals surface area contributed by atoms with Crippen LogP contribution in [0.3, 0.4) is 0 Å². The van der Waals surface area contributed by atoms with Crippen LogP contribution < -0.4 is 9.80 Å². The maximum Gasteiger partial charge on any atom is 0.274 e. The molecule has 8 heteroatoms. The fraction of sp³-hybridized carbons (Fsp3) is 0.200. The third-order valence-corrected chi connectivity index (χ3v) is 8.78. The Kier molecular flexibility index (Phi) is 4.88. The molecule has 1 spiro atoms. The first kappa shape index (κ1) is 21.7. The van der Waals surface area contributed by atoms with E-state index in [1.807, 2.05) is 19.9 Å². The van der Waals surface area contributed by atoms with Gasteiger partial charge < -0.3 is 4.90 Å². The minimum atomic E-state index is -4.19. The van der Waals surface area contributed by atoms with Crippen LogP contribution in [0.15, 0.2) is 66.7 Å². The van der Waals surface area contributed by atoms with Gasteiger partial charge in [-0.05, 0) is 60.9 Å². The molecule has 2 heterocycles. The lowest BCUT2D eigenvalue weighted by molar-refractivity contribution is -0.123. The highest BCUT2D eigenvalue weighted by molar-refractivity contribution is 7.94. The lowest BCUT2D eigenvalue weighted by Crippen LogP contribution is -2.54. The summed E-state index contributed by atoms with van der Waals surface area (Å²) in [4.78, 5) is 27.7. The van der Waals surface area contributed by atoms with Crippen LogP contribution in [0.5, 0.6) is 0 Å². The summed E-state index contributed by atoms with van der Waals surface area (Å²) in [6, 6.07) is 19.1. The average molecular weight is 481 g/mol. The van der Waals surface area contributed by atoms with Crippen molar-refractivity contribution in [1.29, 1.82) is 0 Å². The van der Waals surface area contributed by atoms with E-state index in [-0.39, 0.29) is 6.54 Å². The molecule has 33 heavy (non-hydrogen) atoms. The van der Waals surface area contributed by atoms with Crippen molar-refractivity contribution in [2.24, 2.45) is 0 Å². The zero-order valence-corrected chi connectivity index (χ0v) is 19.7. The maximum atomic E-state index is 14.1. The number of hydrogen-bond donors (Lipinski definition) is 0. The Morgan fingerprint density at radius 3 is 2.33 bits per heavy atom. The number of benzene rings is 3. The first-order chi connectivity index (χ1) is 15.7. The normalized spacial score (nSPS) is 21.2. The first-order valence-corrected chi connectivity index (χ1v) is 12.5. The Labute approximate surface area is 197 Å². The van der Waals surface area contributed by atoms with Crippen molar-refractivity contribution in [2.45, 2.75) is 25.3 Å². The molecule has 6 nitrogen and oxygen atoms in total. The van der Waals surface area contributed by atoms with Gasteiger partial charge in [-0.3, -0.25) is 14.5 Å². The number of halogens is 1. The van der Waals surface area contributed by atoms with E-state index in [4.69, 9.17) is 11.6 Å². The lowest BCUT2D eigenvalue weighted by atomic mass is 10.0. The molecular formula is C25H21ClN2O4S. The largest absolute Gasteiger partial charge is 0.304 e. The smallest absolute Gasteiger partial charge is 0.274 e. The van der Waals surface area contributed by atoms with Gasteiger partial charge in [-0.2, -0.15) is 0 Å². The number of hydrogen-bond acceptors (Lipinski definition) is 4. The van der Waals surface area contributed by atoms with Gasteiger partial charge in [0.2, 0.25) is 5.91 Å². The second-order valence-electron chi connectivity index (χ2n) is 8.44. The fourth-order valence-corrected chi connectivity index (χ4v) is 6.84. The number of sulfone groups is 1. The fourth-order valence-electron chi connectivity index (χ4n) is 4.69. The molecule has 0 bridgehead atoms. The molecule has 0 saturated carbocycles. The van der Waals surface area contributed by atoms with E-state index in [9.17, 15) is 18.0 Å². The number of nitrogens with zero attached hydrogens (tertiary/aromatic N) is 2. The van der Waals surface area contributed by atoms with Gasteiger partial charge in [-0.1, -0.05) is 48.0 Å². The summed E-state index contributed by atoms with van der Waals surface area (Å²) in [5, 5.41) is 0.563. The average Bonchev–Trinajstić information content (AvgIpc) is 3.14. The molecule has 168 valence electrons. The van der Waals surface area contributed by atoms with Crippen molar-refractivity contribution < 1.29 is 18.0 Å². The molecule has 3 aromatic rings. The summed E-state index contributed by atoms with van der Waals surface area (Å²) in [5.74, 6) is -1.99. The predicted octanol–water partition coefficient (Wildman–Crippen LogP) is 4.12. The highest BCUT2D eigenvalue weighted by Crippen LogP contribution is 2.52. The predicted molar refractivity (Wildman–Crippen MR) is 128 cm³/mol. The van der Waals surface area contributed by atoms with E-state index in [0.717, 1.165) is 16.7 Å². The third-order valence-electron chi connectivity index (χ3n) is 6.43. The van der Waals surface area contributed by atoms with Crippen LogP contribution in [0.1, 0.15) is 22.3 Å². The van der Waals surface area contributed by atoms with E-state index >= 15 is 0 Å². The molecule has 5 rings (SSSR count). The summed E-state index contributed by atoms with van der Waals surface area (Å²) in [7, 11) is -4.19. The molecule has 1 atom stereocenters. The number of fused-ring (bicyclic) bond motifs is 2. The Bertz CT molecular complexity index is 1420. The van der Waals surface area contributed by atoms with Crippen LogP contribution in [0.2, 0.25) is 5.02 Å². The van der Waals surface area contributed by atoms with Crippen LogP contribution in [0.25, 0.3) is 0 Å². The number of para-hydroxylation sites is 1. The first-order valence-electron chi connectivity index (χ1n) is 10.5. The van der Waals surface area contributed by atoms with Crippen LogP contribution in [0, 0.1) is 13.8 Å². The number of anilines is 2. The van der Waals surface area contributed by atoms with E-state index < -0.39 is 32.3 Å².